The largest absolute Gasteiger partial charge is 0.465 e. The van der Waals surface area contributed by atoms with Crippen molar-refractivity contribution in [2.75, 3.05) is 37.5 Å². The molecule has 1 unspecified atom stereocenters. The molecule has 0 bridgehead atoms. The van der Waals surface area contributed by atoms with Gasteiger partial charge in [0.15, 0.2) is 0 Å². The first-order chi connectivity index (χ1) is 12.6. The van der Waals surface area contributed by atoms with Crippen molar-refractivity contribution in [2.45, 2.75) is 12.5 Å². The first kappa shape index (κ1) is 17.9. The number of rotatable bonds is 5. The van der Waals surface area contributed by atoms with E-state index in [-0.39, 0.29) is 23.1 Å². The van der Waals surface area contributed by atoms with E-state index < -0.39 is 5.97 Å². The highest BCUT2D eigenvalue weighted by atomic mass is 16.5. The number of ether oxygens (including phenoxy) is 2. The number of hydrogen-bond donors (Lipinski definition) is 1. The van der Waals surface area contributed by atoms with E-state index in [2.05, 4.69) is 10.2 Å². The predicted molar refractivity (Wildman–Crippen MR) is 99.8 cm³/mol. The van der Waals surface area contributed by atoms with Crippen LogP contribution in [0.5, 0.6) is 0 Å². The summed E-state index contributed by atoms with van der Waals surface area (Å²) in [4.78, 5) is 26.6. The number of carbonyl (C=O) groups is 2. The Hall–Kier alpha value is -2.86. The van der Waals surface area contributed by atoms with Gasteiger partial charge in [-0.2, -0.15) is 0 Å². The standard InChI is InChI=1S/C20H22N2O4/c1-25-16-11-12-22(13-16)15-9-7-14(8-10-15)21-19(23)17-5-3-4-6-18(17)20(24)26-2/h3-10,16H,11-13H2,1-2H3,(H,21,23). The lowest BCUT2D eigenvalue weighted by atomic mass is 10.1. The second-order valence-electron chi connectivity index (χ2n) is 6.13. The van der Waals surface area contributed by atoms with Crippen LogP contribution in [0, 0.1) is 0 Å². The third-order valence-electron chi connectivity index (χ3n) is 4.55. The molecule has 0 aromatic heterocycles. The Morgan fingerprint density at radius 3 is 2.35 bits per heavy atom. The van der Waals surface area contributed by atoms with Crippen LogP contribution in [0.2, 0.25) is 0 Å². The smallest absolute Gasteiger partial charge is 0.338 e. The van der Waals surface area contributed by atoms with Gasteiger partial charge in [0.1, 0.15) is 0 Å². The SMILES string of the molecule is COC(=O)c1ccccc1C(=O)Nc1ccc(N2CCC(OC)C2)cc1. The average molecular weight is 354 g/mol. The van der Waals surface area contributed by atoms with Crippen molar-refractivity contribution in [3.05, 3.63) is 59.7 Å². The number of nitrogens with zero attached hydrogens (tertiary/aromatic N) is 1. The summed E-state index contributed by atoms with van der Waals surface area (Å²) >= 11 is 0. The molecule has 1 fully saturated rings. The minimum absolute atomic E-state index is 0.242. The van der Waals surface area contributed by atoms with Crippen molar-refractivity contribution in [3.8, 4) is 0 Å². The highest BCUT2D eigenvalue weighted by molar-refractivity contribution is 6.11. The van der Waals surface area contributed by atoms with E-state index in [0.29, 0.717) is 5.69 Å². The minimum Gasteiger partial charge on any atom is -0.465 e. The van der Waals surface area contributed by atoms with Gasteiger partial charge in [-0.05, 0) is 42.8 Å². The van der Waals surface area contributed by atoms with E-state index in [4.69, 9.17) is 9.47 Å². The van der Waals surface area contributed by atoms with Gasteiger partial charge < -0.3 is 19.7 Å². The fourth-order valence-electron chi connectivity index (χ4n) is 3.08. The van der Waals surface area contributed by atoms with Crippen molar-refractivity contribution in [3.63, 3.8) is 0 Å². The summed E-state index contributed by atoms with van der Waals surface area (Å²) in [7, 11) is 3.03. The van der Waals surface area contributed by atoms with Gasteiger partial charge >= 0.3 is 5.97 Å². The van der Waals surface area contributed by atoms with Crippen LogP contribution < -0.4 is 10.2 Å². The lowest BCUT2D eigenvalue weighted by Gasteiger charge is -2.18. The second kappa shape index (κ2) is 8.01. The fourth-order valence-corrected chi connectivity index (χ4v) is 3.08. The molecular weight excluding hydrogens is 332 g/mol. The molecule has 1 atom stereocenters. The fraction of sp³-hybridized carbons (Fsp3) is 0.300. The molecule has 26 heavy (non-hydrogen) atoms. The van der Waals surface area contributed by atoms with Crippen molar-refractivity contribution in [1.82, 2.24) is 0 Å². The van der Waals surface area contributed by atoms with Crippen LogP contribution in [0.1, 0.15) is 27.1 Å². The number of hydrogen-bond acceptors (Lipinski definition) is 5. The number of esters is 1. The molecular formula is C20H22N2O4. The van der Waals surface area contributed by atoms with E-state index in [9.17, 15) is 9.59 Å². The zero-order valence-corrected chi connectivity index (χ0v) is 14.9. The number of anilines is 2. The molecule has 1 aliphatic heterocycles. The van der Waals surface area contributed by atoms with Crippen molar-refractivity contribution >= 4 is 23.3 Å². The highest BCUT2D eigenvalue weighted by Crippen LogP contribution is 2.23. The van der Waals surface area contributed by atoms with Crippen molar-refractivity contribution in [1.29, 1.82) is 0 Å². The maximum atomic E-state index is 12.5. The Kier molecular flexibility index (Phi) is 5.53. The second-order valence-corrected chi connectivity index (χ2v) is 6.13. The predicted octanol–water partition coefficient (Wildman–Crippen LogP) is 2.95. The normalized spacial score (nSPS) is 16.4. The third-order valence-corrected chi connectivity index (χ3v) is 4.55. The van der Waals surface area contributed by atoms with Gasteiger partial charge in [0.2, 0.25) is 0 Å². The quantitative estimate of drug-likeness (QED) is 0.836. The van der Waals surface area contributed by atoms with Gasteiger partial charge in [0, 0.05) is 31.6 Å². The van der Waals surface area contributed by atoms with E-state index >= 15 is 0 Å². The first-order valence-corrected chi connectivity index (χ1v) is 8.49. The van der Waals surface area contributed by atoms with Crippen molar-refractivity contribution in [2.24, 2.45) is 0 Å². The van der Waals surface area contributed by atoms with Gasteiger partial charge in [-0.3, -0.25) is 4.79 Å². The van der Waals surface area contributed by atoms with Crippen LogP contribution in [0.4, 0.5) is 11.4 Å². The molecule has 6 nitrogen and oxygen atoms in total. The summed E-state index contributed by atoms with van der Waals surface area (Å²) in [6.07, 6.45) is 1.28. The Morgan fingerprint density at radius 2 is 1.73 bits per heavy atom. The first-order valence-electron chi connectivity index (χ1n) is 8.49. The molecule has 0 aliphatic carbocycles. The minimum atomic E-state index is -0.534. The van der Waals surface area contributed by atoms with Crippen LogP contribution in [-0.2, 0) is 9.47 Å². The summed E-state index contributed by atoms with van der Waals surface area (Å²) < 4.78 is 10.1. The van der Waals surface area contributed by atoms with Gasteiger partial charge in [-0.15, -0.1) is 0 Å². The molecule has 1 amide bonds. The molecule has 1 heterocycles. The molecule has 1 saturated heterocycles. The number of carbonyl (C=O) groups excluding carboxylic acids is 2. The lowest BCUT2D eigenvalue weighted by Crippen LogP contribution is -2.22. The molecule has 3 rings (SSSR count). The monoisotopic (exact) mass is 354 g/mol. The highest BCUT2D eigenvalue weighted by Gasteiger charge is 2.22. The summed E-state index contributed by atoms with van der Waals surface area (Å²) in [6, 6.07) is 14.2. The van der Waals surface area contributed by atoms with E-state index in [1.54, 1.807) is 31.4 Å². The van der Waals surface area contributed by atoms with Crippen LogP contribution in [0.3, 0.4) is 0 Å². The maximum absolute atomic E-state index is 12.5. The van der Waals surface area contributed by atoms with Gasteiger partial charge in [0.25, 0.3) is 5.91 Å². The zero-order chi connectivity index (χ0) is 18.5. The summed E-state index contributed by atoms with van der Waals surface area (Å²) in [5.41, 5.74) is 2.29. The number of benzene rings is 2. The van der Waals surface area contributed by atoms with Crippen molar-refractivity contribution < 1.29 is 19.1 Å². The Bertz CT molecular complexity index is 789. The lowest BCUT2D eigenvalue weighted by molar-refractivity contribution is 0.0597. The van der Waals surface area contributed by atoms with Crippen LogP contribution in [-0.4, -0.2) is 45.3 Å². The van der Waals surface area contributed by atoms with E-state index in [1.165, 1.54) is 7.11 Å². The maximum Gasteiger partial charge on any atom is 0.338 e. The zero-order valence-electron chi connectivity index (χ0n) is 14.9. The summed E-state index contributed by atoms with van der Waals surface area (Å²) in [5.74, 6) is -0.882. The summed E-state index contributed by atoms with van der Waals surface area (Å²) in [5, 5.41) is 2.83. The molecule has 2 aromatic rings. The van der Waals surface area contributed by atoms with Crippen LogP contribution in [0.15, 0.2) is 48.5 Å². The van der Waals surface area contributed by atoms with E-state index in [0.717, 1.165) is 25.2 Å². The van der Waals surface area contributed by atoms with Crippen LogP contribution >= 0.6 is 0 Å². The molecule has 0 saturated carbocycles. The molecule has 0 spiro atoms. The van der Waals surface area contributed by atoms with Gasteiger partial charge in [0.05, 0.1) is 24.3 Å². The molecule has 1 aliphatic rings. The average Bonchev–Trinajstić information content (AvgIpc) is 3.17. The molecule has 0 radical (unpaired) electrons. The molecule has 136 valence electrons. The topological polar surface area (TPSA) is 67.9 Å². The summed E-state index contributed by atoms with van der Waals surface area (Å²) in [6.45, 7) is 1.82. The Labute approximate surface area is 152 Å². The van der Waals surface area contributed by atoms with Gasteiger partial charge in [-0.1, -0.05) is 12.1 Å². The Morgan fingerprint density at radius 1 is 1.04 bits per heavy atom. The number of amides is 1. The molecule has 1 N–H and O–H groups in total. The van der Waals surface area contributed by atoms with Gasteiger partial charge in [-0.25, -0.2) is 4.79 Å². The Balaban J connectivity index is 1.70. The van der Waals surface area contributed by atoms with Crippen LogP contribution in [0.25, 0.3) is 0 Å². The third kappa shape index (κ3) is 3.86. The van der Waals surface area contributed by atoms with E-state index in [1.807, 2.05) is 24.3 Å². The number of methoxy groups -OCH3 is 2. The molecule has 6 heteroatoms. The number of nitrogens with one attached hydrogen (secondary N) is 1. The molecule has 2 aromatic carbocycles.